The first-order valence-electron chi connectivity index (χ1n) is 11.1. The molecule has 34 heavy (non-hydrogen) atoms. The maximum Gasteiger partial charge on any atom is 0.373 e. The molecular formula is C28H26O6. The third kappa shape index (κ3) is 4.45. The smallest absolute Gasteiger partial charge is 0.373 e. The van der Waals surface area contributed by atoms with Gasteiger partial charge in [-0.05, 0) is 24.1 Å². The van der Waals surface area contributed by atoms with Gasteiger partial charge in [0.2, 0.25) is 17.7 Å². The van der Waals surface area contributed by atoms with Crippen LogP contribution >= 0.6 is 0 Å². The van der Waals surface area contributed by atoms with Gasteiger partial charge in [0.05, 0.1) is 19.6 Å². The molecule has 0 spiro atoms. The predicted molar refractivity (Wildman–Crippen MR) is 125 cm³/mol. The second-order valence-corrected chi connectivity index (χ2v) is 7.71. The van der Waals surface area contributed by atoms with Crippen LogP contribution in [0.2, 0.25) is 0 Å². The quantitative estimate of drug-likeness (QED) is 0.483. The van der Waals surface area contributed by atoms with E-state index in [4.69, 9.17) is 18.9 Å². The van der Waals surface area contributed by atoms with Crippen molar-refractivity contribution in [1.82, 2.24) is 0 Å². The lowest BCUT2D eigenvalue weighted by molar-refractivity contribution is -0.221. The summed E-state index contributed by atoms with van der Waals surface area (Å²) in [7, 11) is 1.28. The van der Waals surface area contributed by atoms with E-state index in [9.17, 15) is 9.59 Å². The van der Waals surface area contributed by atoms with Gasteiger partial charge in [0.1, 0.15) is 0 Å². The van der Waals surface area contributed by atoms with Gasteiger partial charge in [-0.2, -0.15) is 0 Å². The molecule has 0 unspecified atom stereocenters. The van der Waals surface area contributed by atoms with Crippen molar-refractivity contribution < 1.29 is 28.5 Å². The highest BCUT2D eigenvalue weighted by molar-refractivity contribution is 5.88. The van der Waals surface area contributed by atoms with Gasteiger partial charge in [0, 0.05) is 5.56 Å². The SMILES string of the molecule is CCOC(=O)[C@]1(c2ccccc2)O[C@@H](c2ccccc2)OC(C(=O)OC)=C[C@H]1c1ccccc1. The van der Waals surface area contributed by atoms with Gasteiger partial charge in [-0.1, -0.05) is 91.0 Å². The molecule has 0 fully saturated rings. The Hall–Kier alpha value is -3.90. The van der Waals surface area contributed by atoms with E-state index in [2.05, 4.69) is 0 Å². The molecule has 0 aliphatic carbocycles. The van der Waals surface area contributed by atoms with Crippen molar-refractivity contribution in [3.63, 3.8) is 0 Å². The Bertz CT molecular complexity index is 1140. The molecule has 3 aromatic rings. The van der Waals surface area contributed by atoms with Crippen LogP contribution < -0.4 is 0 Å². The molecule has 174 valence electrons. The Morgan fingerprint density at radius 3 is 1.97 bits per heavy atom. The van der Waals surface area contributed by atoms with E-state index in [-0.39, 0.29) is 12.4 Å². The van der Waals surface area contributed by atoms with Crippen LogP contribution in [0.1, 0.15) is 35.8 Å². The normalized spacial score (nSPS) is 22.0. The van der Waals surface area contributed by atoms with E-state index in [1.807, 2.05) is 91.0 Å². The van der Waals surface area contributed by atoms with Gasteiger partial charge >= 0.3 is 11.9 Å². The Labute approximate surface area is 198 Å². The third-order valence-electron chi connectivity index (χ3n) is 5.68. The highest BCUT2D eigenvalue weighted by Crippen LogP contribution is 2.49. The van der Waals surface area contributed by atoms with Crippen LogP contribution in [0, 0.1) is 0 Å². The molecule has 1 aliphatic heterocycles. The second kappa shape index (κ2) is 10.4. The van der Waals surface area contributed by atoms with Crippen molar-refractivity contribution in [3.8, 4) is 0 Å². The summed E-state index contributed by atoms with van der Waals surface area (Å²) in [4.78, 5) is 26.6. The first-order chi connectivity index (χ1) is 16.6. The number of benzene rings is 3. The van der Waals surface area contributed by atoms with Crippen LogP contribution in [0.5, 0.6) is 0 Å². The summed E-state index contributed by atoms with van der Waals surface area (Å²) in [6.07, 6.45) is 0.512. The van der Waals surface area contributed by atoms with Crippen molar-refractivity contribution in [1.29, 1.82) is 0 Å². The molecule has 6 heteroatoms. The van der Waals surface area contributed by atoms with Gasteiger partial charge in [-0.15, -0.1) is 0 Å². The number of hydrogen-bond acceptors (Lipinski definition) is 6. The van der Waals surface area contributed by atoms with Crippen molar-refractivity contribution >= 4 is 11.9 Å². The lowest BCUT2D eigenvalue weighted by Crippen LogP contribution is -2.45. The number of methoxy groups -OCH3 is 1. The monoisotopic (exact) mass is 458 g/mol. The number of hydrogen-bond donors (Lipinski definition) is 0. The second-order valence-electron chi connectivity index (χ2n) is 7.71. The molecule has 0 radical (unpaired) electrons. The van der Waals surface area contributed by atoms with Gasteiger partial charge in [0.15, 0.2) is 0 Å². The molecule has 6 nitrogen and oxygen atoms in total. The van der Waals surface area contributed by atoms with Gasteiger partial charge < -0.3 is 18.9 Å². The lowest BCUT2D eigenvalue weighted by atomic mass is 9.76. The fourth-order valence-corrected chi connectivity index (χ4v) is 4.11. The Morgan fingerprint density at radius 2 is 1.41 bits per heavy atom. The molecule has 0 amide bonds. The third-order valence-corrected chi connectivity index (χ3v) is 5.68. The van der Waals surface area contributed by atoms with E-state index in [0.29, 0.717) is 11.1 Å². The Morgan fingerprint density at radius 1 is 0.853 bits per heavy atom. The fraction of sp³-hybridized carbons (Fsp3) is 0.214. The molecule has 0 saturated heterocycles. The molecule has 3 aromatic carbocycles. The highest BCUT2D eigenvalue weighted by atomic mass is 16.7. The predicted octanol–water partition coefficient (Wildman–Crippen LogP) is 5.03. The van der Waals surface area contributed by atoms with Crippen molar-refractivity contribution in [2.75, 3.05) is 13.7 Å². The summed E-state index contributed by atoms with van der Waals surface area (Å²) in [5.74, 6) is -2.05. The standard InChI is InChI=1S/C28H26O6/c1-3-32-27(30)28(22-17-11-6-12-18-22)23(20-13-7-4-8-14-20)19-24(25(29)31-2)33-26(34-28)21-15-9-5-10-16-21/h4-19,23,26H,3H2,1-2H3/t23-,26-,28+/m0/s1. The molecule has 0 N–H and O–H groups in total. The molecular weight excluding hydrogens is 432 g/mol. The maximum absolute atomic E-state index is 13.8. The zero-order chi connectivity index (χ0) is 24.0. The van der Waals surface area contributed by atoms with Crippen LogP contribution in [0.3, 0.4) is 0 Å². The van der Waals surface area contributed by atoms with Crippen LogP contribution in [0.15, 0.2) is 103 Å². The number of esters is 2. The largest absolute Gasteiger partial charge is 0.464 e. The van der Waals surface area contributed by atoms with E-state index in [1.165, 1.54) is 7.11 Å². The average molecular weight is 459 g/mol. The molecule has 4 rings (SSSR count). The molecule has 0 bridgehead atoms. The molecule has 1 aliphatic rings. The summed E-state index contributed by atoms with van der Waals surface area (Å²) in [5, 5.41) is 0. The zero-order valence-electron chi connectivity index (χ0n) is 19.0. The first kappa shape index (κ1) is 23.3. The zero-order valence-corrected chi connectivity index (χ0v) is 19.0. The summed E-state index contributed by atoms with van der Waals surface area (Å²) in [6.45, 7) is 1.90. The minimum absolute atomic E-state index is 0.0488. The van der Waals surface area contributed by atoms with Crippen molar-refractivity contribution in [3.05, 3.63) is 120 Å². The average Bonchev–Trinajstić information content (AvgIpc) is 3.08. The highest BCUT2D eigenvalue weighted by Gasteiger charge is 2.54. The maximum atomic E-state index is 13.8. The molecule has 3 atom stereocenters. The van der Waals surface area contributed by atoms with Crippen LogP contribution in [0.4, 0.5) is 0 Å². The summed E-state index contributed by atoms with van der Waals surface area (Å²) in [5.41, 5.74) is 0.317. The van der Waals surface area contributed by atoms with E-state index < -0.39 is 29.7 Å². The van der Waals surface area contributed by atoms with Crippen LogP contribution in [-0.2, 0) is 34.1 Å². The molecule has 1 heterocycles. The summed E-state index contributed by atoms with van der Waals surface area (Å²) < 4.78 is 23.3. The first-order valence-corrected chi connectivity index (χ1v) is 11.1. The Balaban J connectivity index is 2.02. The van der Waals surface area contributed by atoms with E-state index in [0.717, 1.165) is 5.56 Å². The fourth-order valence-electron chi connectivity index (χ4n) is 4.11. The van der Waals surface area contributed by atoms with E-state index >= 15 is 0 Å². The lowest BCUT2D eigenvalue weighted by Gasteiger charge is -2.38. The van der Waals surface area contributed by atoms with E-state index in [1.54, 1.807) is 13.0 Å². The molecule has 0 aromatic heterocycles. The summed E-state index contributed by atoms with van der Waals surface area (Å²) in [6, 6.07) is 27.6. The van der Waals surface area contributed by atoms with Gasteiger partial charge in [-0.3, -0.25) is 0 Å². The van der Waals surface area contributed by atoms with Crippen LogP contribution in [-0.4, -0.2) is 25.7 Å². The van der Waals surface area contributed by atoms with Crippen molar-refractivity contribution in [2.24, 2.45) is 0 Å². The number of carbonyl (C=O) groups is 2. The minimum atomic E-state index is -1.64. The number of carbonyl (C=O) groups excluding carboxylic acids is 2. The summed E-state index contributed by atoms with van der Waals surface area (Å²) >= 11 is 0. The molecule has 0 saturated carbocycles. The van der Waals surface area contributed by atoms with Crippen LogP contribution in [0.25, 0.3) is 0 Å². The minimum Gasteiger partial charge on any atom is -0.464 e. The van der Waals surface area contributed by atoms with Gasteiger partial charge in [-0.25, -0.2) is 9.59 Å². The van der Waals surface area contributed by atoms with Crippen molar-refractivity contribution in [2.45, 2.75) is 24.7 Å². The van der Waals surface area contributed by atoms with Gasteiger partial charge in [0.25, 0.3) is 0 Å². The Kier molecular flexibility index (Phi) is 7.09. The topological polar surface area (TPSA) is 71.1 Å². The number of ether oxygens (including phenoxy) is 4. The number of rotatable bonds is 6.